The molecule has 4 heterocycles. The molecule has 0 saturated heterocycles. The van der Waals surface area contributed by atoms with Gasteiger partial charge in [-0.3, -0.25) is 19.3 Å². The van der Waals surface area contributed by atoms with E-state index in [1.807, 2.05) is 18.2 Å². The van der Waals surface area contributed by atoms with E-state index in [0.717, 1.165) is 45.8 Å². The van der Waals surface area contributed by atoms with Crippen LogP contribution in [0.2, 0.25) is 0 Å². The Labute approximate surface area is 182 Å². The highest BCUT2D eigenvalue weighted by atomic mass is 32.1. The van der Waals surface area contributed by atoms with Crippen molar-refractivity contribution in [3.05, 3.63) is 58.0 Å². The molecular weight excluding hydrogens is 412 g/mol. The van der Waals surface area contributed by atoms with Crippen LogP contribution < -0.4 is 10.9 Å². The van der Waals surface area contributed by atoms with Gasteiger partial charge in [-0.15, -0.1) is 11.3 Å². The molecule has 0 bridgehead atoms. The Morgan fingerprint density at radius 1 is 1.35 bits per heavy atom. The summed E-state index contributed by atoms with van der Waals surface area (Å²) in [6.07, 6.45) is 10.6. The van der Waals surface area contributed by atoms with Crippen molar-refractivity contribution >= 4 is 45.1 Å². The van der Waals surface area contributed by atoms with Gasteiger partial charge in [0, 0.05) is 48.0 Å². The Bertz CT molecular complexity index is 1260. The molecule has 1 unspecified atom stereocenters. The SMILES string of the molecule is O=c1ccccn1C1=CCC(/N=C2\CC[C@H](Nc3ncc4sc(CO)cc4n3)C2)N=C1. The maximum Gasteiger partial charge on any atom is 0.255 e. The second-order valence-corrected chi connectivity index (χ2v) is 8.79. The predicted molar refractivity (Wildman–Crippen MR) is 124 cm³/mol. The van der Waals surface area contributed by atoms with Gasteiger partial charge in [-0.25, -0.2) is 9.97 Å². The zero-order chi connectivity index (χ0) is 21.2. The normalized spacial score (nSPS) is 22.2. The van der Waals surface area contributed by atoms with Gasteiger partial charge in [0.05, 0.1) is 28.7 Å². The summed E-state index contributed by atoms with van der Waals surface area (Å²) < 4.78 is 2.57. The molecule has 3 aromatic rings. The summed E-state index contributed by atoms with van der Waals surface area (Å²) in [5.41, 5.74) is 2.73. The van der Waals surface area contributed by atoms with Crippen molar-refractivity contribution in [2.75, 3.05) is 5.32 Å². The van der Waals surface area contributed by atoms with Crippen LogP contribution in [0.15, 0.2) is 57.5 Å². The monoisotopic (exact) mass is 434 g/mol. The summed E-state index contributed by atoms with van der Waals surface area (Å²) in [4.78, 5) is 31.2. The summed E-state index contributed by atoms with van der Waals surface area (Å²) in [6, 6.07) is 7.25. The van der Waals surface area contributed by atoms with Gasteiger partial charge >= 0.3 is 0 Å². The van der Waals surface area contributed by atoms with E-state index in [4.69, 9.17) is 4.99 Å². The van der Waals surface area contributed by atoms with Crippen LogP contribution in [-0.2, 0) is 6.61 Å². The molecule has 5 rings (SSSR count). The third-order valence-electron chi connectivity index (χ3n) is 5.42. The van der Waals surface area contributed by atoms with Crippen molar-refractivity contribution in [2.24, 2.45) is 9.98 Å². The highest BCUT2D eigenvalue weighted by Crippen LogP contribution is 2.26. The van der Waals surface area contributed by atoms with E-state index in [1.165, 1.54) is 17.4 Å². The third kappa shape index (κ3) is 4.33. The number of allylic oxidation sites excluding steroid dienone is 1. The van der Waals surface area contributed by atoms with E-state index in [9.17, 15) is 9.90 Å². The number of rotatable bonds is 5. The van der Waals surface area contributed by atoms with Crippen molar-refractivity contribution in [1.82, 2.24) is 14.5 Å². The van der Waals surface area contributed by atoms with Gasteiger partial charge in [0.2, 0.25) is 5.95 Å². The number of aromatic nitrogens is 3. The van der Waals surface area contributed by atoms with E-state index in [2.05, 4.69) is 20.3 Å². The minimum Gasteiger partial charge on any atom is -0.391 e. The molecule has 3 aromatic heterocycles. The number of aliphatic imine (C=N–C) groups is 2. The zero-order valence-corrected chi connectivity index (χ0v) is 17.6. The lowest BCUT2D eigenvalue weighted by Crippen LogP contribution is -2.20. The first-order valence-corrected chi connectivity index (χ1v) is 11.1. The minimum absolute atomic E-state index is 0.0225. The molecule has 1 fully saturated rings. The number of thiophene rings is 1. The molecule has 158 valence electrons. The predicted octanol–water partition coefficient (Wildman–Crippen LogP) is 3.09. The van der Waals surface area contributed by atoms with Crippen molar-refractivity contribution in [1.29, 1.82) is 0 Å². The van der Waals surface area contributed by atoms with Crippen LogP contribution in [0.3, 0.4) is 0 Å². The van der Waals surface area contributed by atoms with E-state index in [1.54, 1.807) is 29.2 Å². The first-order valence-electron chi connectivity index (χ1n) is 10.3. The maximum atomic E-state index is 12.0. The fraction of sp³-hybridized carbons (Fsp3) is 0.318. The number of nitrogens with one attached hydrogen (secondary N) is 1. The van der Waals surface area contributed by atoms with Gasteiger partial charge in [0.1, 0.15) is 6.17 Å². The molecule has 1 saturated carbocycles. The average Bonchev–Trinajstić information content (AvgIpc) is 3.41. The van der Waals surface area contributed by atoms with Gasteiger partial charge in [0.25, 0.3) is 5.56 Å². The van der Waals surface area contributed by atoms with Crippen molar-refractivity contribution in [2.45, 2.75) is 44.5 Å². The van der Waals surface area contributed by atoms with E-state index >= 15 is 0 Å². The van der Waals surface area contributed by atoms with Gasteiger partial charge in [-0.1, -0.05) is 12.1 Å². The second-order valence-electron chi connectivity index (χ2n) is 7.63. The number of pyridine rings is 1. The molecule has 1 aliphatic heterocycles. The first-order chi connectivity index (χ1) is 15.2. The molecule has 2 N–H and O–H groups in total. The number of hydrogen-bond donors (Lipinski definition) is 2. The molecule has 9 heteroatoms. The second kappa shape index (κ2) is 8.52. The lowest BCUT2D eigenvalue weighted by atomic mass is 10.2. The lowest BCUT2D eigenvalue weighted by Gasteiger charge is -2.14. The van der Waals surface area contributed by atoms with E-state index in [-0.39, 0.29) is 24.4 Å². The average molecular weight is 435 g/mol. The molecule has 31 heavy (non-hydrogen) atoms. The van der Waals surface area contributed by atoms with Crippen LogP contribution in [0.1, 0.15) is 30.6 Å². The van der Waals surface area contributed by atoms with Crippen LogP contribution in [0.4, 0.5) is 5.95 Å². The van der Waals surface area contributed by atoms with Crippen molar-refractivity contribution in [3.8, 4) is 0 Å². The zero-order valence-electron chi connectivity index (χ0n) is 16.8. The Morgan fingerprint density at radius 2 is 2.29 bits per heavy atom. The number of anilines is 1. The van der Waals surface area contributed by atoms with E-state index < -0.39 is 0 Å². The van der Waals surface area contributed by atoms with Crippen LogP contribution >= 0.6 is 11.3 Å². The number of aliphatic hydroxyl groups excluding tert-OH is 1. The Balaban J connectivity index is 1.21. The Hall–Kier alpha value is -3.17. The lowest BCUT2D eigenvalue weighted by molar-refractivity contribution is 0.285. The van der Waals surface area contributed by atoms with Crippen molar-refractivity contribution < 1.29 is 5.11 Å². The van der Waals surface area contributed by atoms with Crippen LogP contribution in [0.5, 0.6) is 0 Å². The molecule has 1 aliphatic carbocycles. The highest BCUT2D eigenvalue weighted by Gasteiger charge is 2.23. The van der Waals surface area contributed by atoms with Crippen molar-refractivity contribution in [3.63, 3.8) is 0 Å². The van der Waals surface area contributed by atoms with Gasteiger partial charge in [0.15, 0.2) is 0 Å². The van der Waals surface area contributed by atoms with Gasteiger partial charge < -0.3 is 10.4 Å². The third-order valence-corrected chi connectivity index (χ3v) is 6.47. The topological polar surface area (TPSA) is 105 Å². The maximum absolute atomic E-state index is 12.0. The summed E-state index contributed by atoms with van der Waals surface area (Å²) in [6.45, 7) is 0.0225. The number of hydrogen-bond acceptors (Lipinski definition) is 8. The molecule has 0 radical (unpaired) electrons. The molecular formula is C22H22N6O2S. The van der Waals surface area contributed by atoms with Crippen LogP contribution in [0, 0.1) is 0 Å². The summed E-state index contributed by atoms with van der Waals surface area (Å²) in [5.74, 6) is 0.609. The molecule has 2 aliphatic rings. The Kier molecular flexibility index (Phi) is 5.44. The largest absolute Gasteiger partial charge is 0.391 e. The quantitative estimate of drug-likeness (QED) is 0.642. The molecule has 0 spiro atoms. The van der Waals surface area contributed by atoms with Crippen LogP contribution in [0.25, 0.3) is 15.9 Å². The summed E-state index contributed by atoms with van der Waals surface area (Å²) in [5, 5.41) is 12.7. The molecule has 0 aromatic carbocycles. The smallest absolute Gasteiger partial charge is 0.255 e. The van der Waals surface area contributed by atoms with E-state index in [0.29, 0.717) is 12.4 Å². The molecule has 2 atom stereocenters. The number of aliphatic hydroxyl groups is 1. The van der Waals surface area contributed by atoms with Crippen LogP contribution in [-0.4, -0.2) is 43.8 Å². The fourth-order valence-electron chi connectivity index (χ4n) is 3.89. The minimum atomic E-state index is -0.132. The standard InChI is InChI=1S/C22H22N6O2S/c29-13-17-10-18-19(31-17)12-24-22(27-18)26-15-5-4-14(9-15)25-20-7-6-16(11-23-20)28-8-2-1-3-21(28)30/h1-3,6,8,10-12,15,20,29H,4-5,7,9,13H2,(H,24,26,27)/b25-14+/t15-,20?/m0/s1. The summed E-state index contributed by atoms with van der Waals surface area (Å²) >= 11 is 1.51. The van der Waals surface area contributed by atoms with Gasteiger partial charge in [-0.05, 0) is 25.0 Å². The fourth-order valence-corrected chi connectivity index (χ4v) is 4.72. The Morgan fingerprint density at radius 3 is 3.10 bits per heavy atom. The molecule has 0 amide bonds. The first kappa shape index (κ1) is 19.8. The number of fused-ring (bicyclic) bond motifs is 1. The molecule has 8 nitrogen and oxygen atoms in total. The van der Waals surface area contributed by atoms with Gasteiger partial charge in [-0.2, -0.15) is 0 Å². The number of nitrogens with zero attached hydrogens (tertiary/aromatic N) is 5. The summed E-state index contributed by atoms with van der Waals surface area (Å²) in [7, 11) is 0. The highest BCUT2D eigenvalue weighted by molar-refractivity contribution is 7.18. The number of dihydropyridines is 1.